The second-order valence-corrected chi connectivity index (χ2v) is 11.5. The van der Waals surface area contributed by atoms with Crippen LogP contribution in [0.15, 0.2) is 42.7 Å². The van der Waals surface area contributed by atoms with Gasteiger partial charge in [-0.1, -0.05) is 32.9 Å². The Hall–Kier alpha value is -2.39. The van der Waals surface area contributed by atoms with Crippen molar-refractivity contribution in [1.29, 1.82) is 0 Å². The molecule has 1 aliphatic carbocycles. The van der Waals surface area contributed by atoms with Crippen molar-refractivity contribution in [2.24, 2.45) is 5.41 Å². The summed E-state index contributed by atoms with van der Waals surface area (Å²) in [7, 11) is -3.83. The third kappa shape index (κ3) is 4.68. The van der Waals surface area contributed by atoms with Crippen LogP contribution in [0.25, 0.3) is 22.2 Å². The molecule has 0 aliphatic heterocycles. The van der Waals surface area contributed by atoms with Crippen LogP contribution in [0.1, 0.15) is 45.2 Å². The Morgan fingerprint density at radius 3 is 2.53 bits per heavy atom. The number of halogens is 3. The average Bonchev–Trinajstić information content (AvgIpc) is 3.50. The number of nitrogens with one attached hydrogen (secondary N) is 1. The van der Waals surface area contributed by atoms with Gasteiger partial charge < -0.3 is 4.57 Å². The van der Waals surface area contributed by atoms with E-state index in [0.29, 0.717) is 35.9 Å². The summed E-state index contributed by atoms with van der Waals surface area (Å²) < 4.78 is 71.4. The summed E-state index contributed by atoms with van der Waals surface area (Å²) in [6, 6.07) is 6.11. The number of alkyl halides is 2. The summed E-state index contributed by atoms with van der Waals surface area (Å²) in [6.45, 7) is 6.55. The monoisotopic (exact) mass is 465 g/mol. The van der Waals surface area contributed by atoms with Crippen LogP contribution < -0.4 is 4.72 Å². The Labute approximate surface area is 185 Å². The van der Waals surface area contributed by atoms with Gasteiger partial charge in [0.15, 0.2) is 0 Å². The van der Waals surface area contributed by atoms with Gasteiger partial charge >= 0.3 is 0 Å². The first kappa shape index (κ1) is 22.8. The van der Waals surface area contributed by atoms with Crippen molar-refractivity contribution in [3.63, 3.8) is 0 Å². The van der Waals surface area contributed by atoms with E-state index < -0.39 is 33.6 Å². The molecular formula is C23H26F3N3O2S. The highest BCUT2D eigenvalue weighted by molar-refractivity contribution is 7.90. The van der Waals surface area contributed by atoms with Crippen LogP contribution in [-0.4, -0.2) is 29.6 Å². The molecule has 2 aromatic heterocycles. The molecule has 2 heterocycles. The SMILES string of the molecule is CC(C)(C)Cn1cc(C(NS(=O)(=O)C2CC2)C(F)F)c2ccc(-c3ncccc3F)cc21. The molecule has 172 valence electrons. The Morgan fingerprint density at radius 1 is 1.22 bits per heavy atom. The lowest BCUT2D eigenvalue weighted by atomic mass is 9.97. The highest BCUT2D eigenvalue weighted by Crippen LogP contribution is 2.36. The van der Waals surface area contributed by atoms with E-state index in [0.717, 1.165) is 0 Å². The van der Waals surface area contributed by atoms with Crippen molar-refractivity contribution < 1.29 is 21.6 Å². The third-order valence-corrected chi connectivity index (χ3v) is 7.36. The zero-order valence-electron chi connectivity index (χ0n) is 18.1. The first-order chi connectivity index (χ1) is 15.0. The molecule has 0 spiro atoms. The van der Waals surface area contributed by atoms with E-state index in [1.165, 1.54) is 18.3 Å². The van der Waals surface area contributed by atoms with Crippen LogP contribution in [0.3, 0.4) is 0 Å². The van der Waals surface area contributed by atoms with Gasteiger partial charge in [0.1, 0.15) is 17.6 Å². The van der Waals surface area contributed by atoms with Crippen LogP contribution in [0.4, 0.5) is 13.2 Å². The number of hydrogen-bond donors (Lipinski definition) is 1. The van der Waals surface area contributed by atoms with Gasteiger partial charge in [0, 0.05) is 41.0 Å². The number of aromatic nitrogens is 2. The molecule has 0 bridgehead atoms. The van der Waals surface area contributed by atoms with Gasteiger partial charge in [-0.15, -0.1) is 0 Å². The summed E-state index contributed by atoms with van der Waals surface area (Å²) in [5, 5.41) is -0.108. The van der Waals surface area contributed by atoms with Gasteiger partial charge in [-0.25, -0.2) is 26.3 Å². The Morgan fingerprint density at radius 2 is 1.94 bits per heavy atom. The molecule has 0 radical (unpaired) electrons. The van der Waals surface area contributed by atoms with Crippen molar-refractivity contribution in [2.75, 3.05) is 0 Å². The zero-order valence-corrected chi connectivity index (χ0v) is 19.0. The van der Waals surface area contributed by atoms with Gasteiger partial charge in [-0.2, -0.15) is 0 Å². The van der Waals surface area contributed by atoms with Gasteiger partial charge in [0.2, 0.25) is 10.0 Å². The molecule has 1 N–H and O–H groups in total. The summed E-state index contributed by atoms with van der Waals surface area (Å²) in [5.41, 5.74) is 1.33. The summed E-state index contributed by atoms with van der Waals surface area (Å²) in [5.74, 6) is -0.483. The van der Waals surface area contributed by atoms with Crippen LogP contribution in [0.5, 0.6) is 0 Å². The van der Waals surface area contributed by atoms with Crippen molar-refractivity contribution >= 4 is 20.9 Å². The molecule has 5 nitrogen and oxygen atoms in total. The summed E-state index contributed by atoms with van der Waals surface area (Å²) >= 11 is 0. The van der Waals surface area contributed by atoms with Crippen LogP contribution in [0.2, 0.25) is 0 Å². The molecule has 0 saturated heterocycles. The second kappa shape index (κ2) is 8.19. The molecular weight excluding hydrogens is 439 g/mol. The lowest BCUT2D eigenvalue weighted by molar-refractivity contribution is 0.109. The molecule has 1 unspecified atom stereocenters. The predicted octanol–water partition coefficient (Wildman–Crippen LogP) is 5.28. The fourth-order valence-electron chi connectivity index (χ4n) is 3.86. The molecule has 0 amide bonds. The van der Waals surface area contributed by atoms with E-state index in [1.807, 2.05) is 25.3 Å². The van der Waals surface area contributed by atoms with Gasteiger partial charge in [-0.05, 0) is 36.5 Å². The number of benzene rings is 1. The number of sulfonamides is 1. The summed E-state index contributed by atoms with van der Waals surface area (Å²) in [4.78, 5) is 4.11. The largest absolute Gasteiger partial charge is 0.347 e. The van der Waals surface area contributed by atoms with E-state index in [1.54, 1.807) is 24.4 Å². The van der Waals surface area contributed by atoms with Crippen LogP contribution in [-0.2, 0) is 16.6 Å². The fourth-order valence-corrected chi connectivity index (χ4v) is 5.39. The Bertz CT molecular complexity index is 1250. The highest BCUT2D eigenvalue weighted by Gasteiger charge is 2.40. The molecule has 1 aromatic carbocycles. The predicted molar refractivity (Wildman–Crippen MR) is 118 cm³/mol. The molecule has 1 fully saturated rings. The lowest BCUT2D eigenvalue weighted by Crippen LogP contribution is -2.35. The first-order valence-corrected chi connectivity index (χ1v) is 12.0. The standard InChI is InChI=1S/C23H26F3N3O2S/c1-23(2,3)13-29-12-17(21(22(25)26)28-32(30,31)15-7-8-15)16-9-6-14(11-19(16)29)20-18(24)5-4-10-27-20/h4-6,9-12,15,21-22,28H,7-8,13H2,1-3H3. The number of rotatable bonds is 7. The molecule has 1 atom stereocenters. The number of hydrogen-bond acceptors (Lipinski definition) is 3. The zero-order chi connectivity index (χ0) is 23.3. The van der Waals surface area contributed by atoms with E-state index in [9.17, 15) is 21.6 Å². The van der Waals surface area contributed by atoms with E-state index in [2.05, 4.69) is 9.71 Å². The molecule has 3 aromatic rings. The third-order valence-electron chi connectivity index (χ3n) is 5.43. The number of pyridine rings is 1. The molecule has 1 aliphatic rings. The molecule has 4 rings (SSSR count). The van der Waals surface area contributed by atoms with E-state index in [-0.39, 0.29) is 16.7 Å². The second-order valence-electron chi connectivity index (χ2n) is 9.51. The van der Waals surface area contributed by atoms with Crippen molar-refractivity contribution in [3.8, 4) is 11.3 Å². The van der Waals surface area contributed by atoms with Crippen molar-refractivity contribution in [2.45, 2.75) is 57.9 Å². The van der Waals surface area contributed by atoms with E-state index >= 15 is 0 Å². The molecule has 1 saturated carbocycles. The average molecular weight is 466 g/mol. The fraction of sp³-hybridized carbons (Fsp3) is 0.435. The van der Waals surface area contributed by atoms with Gasteiger partial charge in [0.05, 0.1) is 5.25 Å². The normalized spacial score (nSPS) is 16.1. The Balaban J connectivity index is 1.86. The minimum Gasteiger partial charge on any atom is -0.347 e. The summed E-state index contributed by atoms with van der Waals surface area (Å²) in [6.07, 6.45) is 1.11. The maximum Gasteiger partial charge on any atom is 0.258 e. The molecule has 9 heteroatoms. The van der Waals surface area contributed by atoms with Crippen molar-refractivity contribution in [3.05, 3.63) is 54.1 Å². The van der Waals surface area contributed by atoms with Crippen molar-refractivity contribution in [1.82, 2.24) is 14.3 Å². The lowest BCUT2D eigenvalue weighted by Gasteiger charge is -2.20. The van der Waals surface area contributed by atoms with Crippen LogP contribution in [0, 0.1) is 11.2 Å². The number of fused-ring (bicyclic) bond motifs is 1. The minimum atomic E-state index is -3.83. The number of nitrogens with zero attached hydrogens (tertiary/aromatic N) is 2. The smallest absolute Gasteiger partial charge is 0.258 e. The maximum atomic E-state index is 14.3. The topological polar surface area (TPSA) is 64.0 Å². The van der Waals surface area contributed by atoms with E-state index in [4.69, 9.17) is 0 Å². The molecule has 32 heavy (non-hydrogen) atoms. The highest BCUT2D eigenvalue weighted by atomic mass is 32.2. The minimum absolute atomic E-state index is 0.166. The Kier molecular flexibility index (Phi) is 5.83. The van der Waals surface area contributed by atoms with Gasteiger partial charge in [0.25, 0.3) is 6.43 Å². The maximum absolute atomic E-state index is 14.3. The van der Waals surface area contributed by atoms with Gasteiger partial charge in [-0.3, -0.25) is 4.98 Å². The first-order valence-electron chi connectivity index (χ1n) is 10.5. The van der Waals surface area contributed by atoms with Crippen LogP contribution >= 0.6 is 0 Å². The quantitative estimate of drug-likeness (QED) is 0.517.